The van der Waals surface area contributed by atoms with E-state index in [9.17, 15) is 4.79 Å². The molecule has 0 bridgehead atoms. The third kappa shape index (κ3) is 6.22. The highest BCUT2D eigenvalue weighted by Gasteiger charge is 2.02. The van der Waals surface area contributed by atoms with E-state index in [1.165, 1.54) is 0 Å². The topological polar surface area (TPSA) is 84.6 Å². The van der Waals surface area contributed by atoms with Crippen LogP contribution in [0.15, 0.2) is 24.3 Å². The normalized spacial score (nSPS) is 10.3. The molecule has 0 aliphatic rings. The van der Waals surface area contributed by atoms with Crippen molar-refractivity contribution in [2.75, 3.05) is 32.1 Å². The lowest BCUT2D eigenvalue weighted by Gasteiger charge is -2.06. The first-order valence-corrected chi connectivity index (χ1v) is 6.02. The van der Waals surface area contributed by atoms with Crippen LogP contribution < -0.4 is 11.1 Å². The minimum atomic E-state index is -0.0252. The second kappa shape index (κ2) is 8.49. The first kappa shape index (κ1) is 14.5. The zero-order chi connectivity index (χ0) is 13.2. The predicted molar refractivity (Wildman–Crippen MR) is 70.1 cm³/mol. The number of hydrogen-bond donors (Lipinski definition) is 3. The molecule has 0 spiro atoms. The van der Waals surface area contributed by atoms with E-state index >= 15 is 0 Å². The molecule has 0 aliphatic carbocycles. The van der Waals surface area contributed by atoms with Crippen LogP contribution in [-0.4, -0.2) is 37.4 Å². The summed E-state index contributed by atoms with van der Waals surface area (Å²) in [5, 5.41) is 11.3. The maximum atomic E-state index is 11.6. The van der Waals surface area contributed by atoms with Gasteiger partial charge in [-0.25, -0.2) is 0 Å². The molecule has 1 aromatic rings. The minimum Gasteiger partial charge on any atom is -0.399 e. The molecule has 1 rings (SSSR count). The number of aliphatic hydroxyl groups is 1. The van der Waals surface area contributed by atoms with Gasteiger partial charge in [0, 0.05) is 18.8 Å². The number of nitrogens with one attached hydrogen (secondary N) is 1. The van der Waals surface area contributed by atoms with Crippen molar-refractivity contribution in [3.8, 4) is 0 Å². The number of nitrogen functional groups attached to an aromatic ring is 1. The van der Waals surface area contributed by atoms with E-state index < -0.39 is 0 Å². The van der Waals surface area contributed by atoms with Crippen molar-refractivity contribution < 1.29 is 14.6 Å². The molecule has 5 nitrogen and oxygen atoms in total. The minimum absolute atomic E-state index is 0.0252. The van der Waals surface area contributed by atoms with Gasteiger partial charge in [0.05, 0.1) is 19.6 Å². The molecule has 0 saturated heterocycles. The Labute approximate surface area is 107 Å². The largest absolute Gasteiger partial charge is 0.399 e. The number of carbonyl (C=O) groups is 1. The highest BCUT2D eigenvalue weighted by molar-refractivity contribution is 5.78. The number of anilines is 1. The van der Waals surface area contributed by atoms with Crippen molar-refractivity contribution >= 4 is 11.6 Å². The summed E-state index contributed by atoms with van der Waals surface area (Å²) in [6.07, 6.45) is 1.07. The summed E-state index contributed by atoms with van der Waals surface area (Å²) in [5.41, 5.74) is 7.20. The molecule has 18 heavy (non-hydrogen) atoms. The summed E-state index contributed by atoms with van der Waals surface area (Å²) in [6, 6.07) is 7.30. The Morgan fingerprint density at radius 3 is 2.94 bits per heavy atom. The molecule has 1 amide bonds. The lowest BCUT2D eigenvalue weighted by atomic mass is 10.1. The summed E-state index contributed by atoms with van der Waals surface area (Å²) >= 11 is 0. The summed E-state index contributed by atoms with van der Waals surface area (Å²) in [5.74, 6) is -0.0252. The average molecular weight is 252 g/mol. The summed E-state index contributed by atoms with van der Waals surface area (Å²) in [6.45, 7) is 1.49. The Bertz CT molecular complexity index is 369. The molecule has 100 valence electrons. The van der Waals surface area contributed by atoms with Crippen molar-refractivity contribution in [3.05, 3.63) is 29.8 Å². The number of hydrogen-bond acceptors (Lipinski definition) is 4. The predicted octanol–water partition coefficient (Wildman–Crippen LogP) is 0.326. The van der Waals surface area contributed by atoms with Gasteiger partial charge in [-0.1, -0.05) is 12.1 Å². The van der Waals surface area contributed by atoms with Crippen molar-refractivity contribution in [2.24, 2.45) is 0 Å². The second-order valence-corrected chi connectivity index (χ2v) is 3.96. The van der Waals surface area contributed by atoms with Crippen LogP contribution in [0.1, 0.15) is 12.0 Å². The zero-order valence-electron chi connectivity index (χ0n) is 10.4. The van der Waals surface area contributed by atoms with E-state index in [1.807, 2.05) is 12.1 Å². The Morgan fingerprint density at radius 1 is 1.39 bits per heavy atom. The second-order valence-electron chi connectivity index (χ2n) is 3.96. The van der Waals surface area contributed by atoms with Crippen LogP contribution in [0, 0.1) is 0 Å². The van der Waals surface area contributed by atoms with Gasteiger partial charge >= 0.3 is 0 Å². The van der Waals surface area contributed by atoms with E-state index in [-0.39, 0.29) is 12.5 Å². The number of nitrogens with two attached hydrogens (primary N) is 1. The SMILES string of the molecule is Nc1cccc(CC(=O)NCCCOCCO)c1. The monoisotopic (exact) mass is 252 g/mol. The Morgan fingerprint density at radius 2 is 2.22 bits per heavy atom. The van der Waals surface area contributed by atoms with Crippen molar-refractivity contribution in [1.29, 1.82) is 0 Å². The number of benzene rings is 1. The molecule has 5 heteroatoms. The van der Waals surface area contributed by atoms with Gasteiger partial charge in [-0.05, 0) is 24.1 Å². The van der Waals surface area contributed by atoms with Gasteiger partial charge in [-0.3, -0.25) is 4.79 Å². The molecular weight excluding hydrogens is 232 g/mol. The van der Waals surface area contributed by atoms with E-state index in [1.54, 1.807) is 12.1 Å². The average Bonchev–Trinajstić information content (AvgIpc) is 2.33. The van der Waals surface area contributed by atoms with Crippen LogP contribution in [0.3, 0.4) is 0 Å². The maximum absolute atomic E-state index is 11.6. The first-order valence-electron chi connectivity index (χ1n) is 6.02. The molecule has 1 aromatic carbocycles. The van der Waals surface area contributed by atoms with E-state index in [4.69, 9.17) is 15.6 Å². The van der Waals surface area contributed by atoms with Gasteiger partial charge < -0.3 is 20.9 Å². The van der Waals surface area contributed by atoms with Crippen LogP contribution in [-0.2, 0) is 16.0 Å². The fraction of sp³-hybridized carbons (Fsp3) is 0.462. The molecular formula is C13H20N2O3. The third-order valence-corrected chi connectivity index (χ3v) is 2.34. The van der Waals surface area contributed by atoms with Crippen LogP contribution in [0.2, 0.25) is 0 Å². The number of ether oxygens (including phenoxy) is 1. The number of carbonyl (C=O) groups excluding carboxylic acids is 1. The van der Waals surface area contributed by atoms with Gasteiger partial charge in [0.25, 0.3) is 0 Å². The molecule has 0 atom stereocenters. The molecule has 4 N–H and O–H groups in total. The standard InChI is InChI=1S/C13H20N2O3/c14-12-4-1-3-11(9-12)10-13(17)15-5-2-7-18-8-6-16/h1,3-4,9,16H,2,5-8,10,14H2,(H,15,17). The number of amides is 1. The van der Waals surface area contributed by atoms with Crippen LogP contribution in [0.5, 0.6) is 0 Å². The molecule has 0 aromatic heterocycles. The highest BCUT2D eigenvalue weighted by Crippen LogP contribution is 2.06. The highest BCUT2D eigenvalue weighted by atomic mass is 16.5. The van der Waals surface area contributed by atoms with E-state index in [0.29, 0.717) is 31.9 Å². The smallest absolute Gasteiger partial charge is 0.224 e. The molecule has 0 fully saturated rings. The molecule has 0 heterocycles. The maximum Gasteiger partial charge on any atom is 0.224 e. The van der Waals surface area contributed by atoms with E-state index in [0.717, 1.165) is 12.0 Å². The Balaban J connectivity index is 2.14. The van der Waals surface area contributed by atoms with Gasteiger partial charge in [-0.15, -0.1) is 0 Å². The molecule has 0 radical (unpaired) electrons. The zero-order valence-corrected chi connectivity index (χ0v) is 10.4. The quantitative estimate of drug-likeness (QED) is 0.460. The van der Waals surface area contributed by atoms with Gasteiger partial charge in [0.15, 0.2) is 0 Å². The Kier molecular flexibility index (Phi) is 6.83. The summed E-state index contributed by atoms with van der Waals surface area (Å²) < 4.78 is 5.08. The van der Waals surface area contributed by atoms with Crippen molar-refractivity contribution in [3.63, 3.8) is 0 Å². The van der Waals surface area contributed by atoms with Crippen molar-refractivity contribution in [2.45, 2.75) is 12.8 Å². The number of aliphatic hydroxyl groups excluding tert-OH is 1. The number of rotatable bonds is 8. The van der Waals surface area contributed by atoms with Gasteiger partial charge in [0.2, 0.25) is 5.91 Å². The van der Waals surface area contributed by atoms with Crippen molar-refractivity contribution in [1.82, 2.24) is 5.32 Å². The molecule has 0 saturated carbocycles. The van der Waals surface area contributed by atoms with Crippen LogP contribution >= 0.6 is 0 Å². The van der Waals surface area contributed by atoms with Crippen LogP contribution in [0.4, 0.5) is 5.69 Å². The Hall–Kier alpha value is -1.59. The lowest BCUT2D eigenvalue weighted by molar-refractivity contribution is -0.120. The first-order chi connectivity index (χ1) is 8.72. The third-order valence-electron chi connectivity index (χ3n) is 2.34. The van der Waals surface area contributed by atoms with Gasteiger partial charge in [0.1, 0.15) is 0 Å². The molecule has 0 aliphatic heterocycles. The van der Waals surface area contributed by atoms with E-state index in [2.05, 4.69) is 5.32 Å². The molecule has 0 unspecified atom stereocenters. The summed E-state index contributed by atoms with van der Waals surface area (Å²) in [4.78, 5) is 11.6. The fourth-order valence-electron chi connectivity index (χ4n) is 1.52. The van der Waals surface area contributed by atoms with Gasteiger partial charge in [-0.2, -0.15) is 0 Å². The lowest BCUT2D eigenvalue weighted by Crippen LogP contribution is -2.26. The fourth-order valence-corrected chi connectivity index (χ4v) is 1.52. The summed E-state index contributed by atoms with van der Waals surface area (Å²) in [7, 11) is 0. The van der Waals surface area contributed by atoms with Crippen LogP contribution in [0.25, 0.3) is 0 Å².